The van der Waals surface area contributed by atoms with Crippen molar-refractivity contribution < 1.29 is 38.7 Å². The number of benzene rings is 2. The van der Waals surface area contributed by atoms with Gasteiger partial charge in [0.1, 0.15) is 47.8 Å². The van der Waals surface area contributed by atoms with Gasteiger partial charge in [-0.25, -0.2) is 4.39 Å². The largest absolute Gasteiger partial charge is 0.463 e. The molecular formula is C21H19FO8. The normalized spacial score (nSPS) is 26.6. The zero-order valence-corrected chi connectivity index (χ0v) is 15.5. The summed E-state index contributed by atoms with van der Waals surface area (Å²) >= 11 is 0. The van der Waals surface area contributed by atoms with Gasteiger partial charge in [-0.1, -0.05) is 18.2 Å². The van der Waals surface area contributed by atoms with Crippen LogP contribution in [0.5, 0.6) is 5.75 Å². The Labute approximate surface area is 169 Å². The first kappa shape index (κ1) is 20.5. The van der Waals surface area contributed by atoms with Crippen LogP contribution in [0, 0.1) is 5.82 Å². The van der Waals surface area contributed by atoms with Gasteiger partial charge in [0.05, 0.1) is 17.6 Å². The highest BCUT2D eigenvalue weighted by atomic mass is 19.1. The lowest BCUT2D eigenvalue weighted by atomic mass is 9.99. The molecule has 0 aliphatic carbocycles. The van der Waals surface area contributed by atoms with Crippen molar-refractivity contribution in [3.8, 4) is 16.9 Å². The fourth-order valence-electron chi connectivity index (χ4n) is 3.35. The second-order valence-corrected chi connectivity index (χ2v) is 6.93. The monoisotopic (exact) mass is 418 g/mol. The van der Waals surface area contributed by atoms with Crippen LogP contribution in [-0.2, 0) is 4.74 Å². The number of halogens is 1. The number of hydrogen-bond donors (Lipinski definition) is 4. The Morgan fingerprint density at radius 2 is 1.77 bits per heavy atom. The predicted molar refractivity (Wildman–Crippen MR) is 102 cm³/mol. The van der Waals surface area contributed by atoms with E-state index in [2.05, 4.69) is 0 Å². The molecule has 1 aromatic heterocycles. The first-order valence-corrected chi connectivity index (χ1v) is 9.18. The van der Waals surface area contributed by atoms with Crippen molar-refractivity contribution in [2.75, 3.05) is 6.61 Å². The lowest BCUT2D eigenvalue weighted by Gasteiger charge is -2.39. The standard InChI is InChI=1S/C21H19FO8/c22-14-4-2-1-3-11(14)13-9-28-15-7-10(5-6-12(15)17(13)24)29-21-20(27)19(26)18(25)16(8-23)30-21/h1-7,9,16,18-21,23,25-27H,8H2/t16-,18-,19+,20-,21+/m0/s1. The van der Waals surface area contributed by atoms with E-state index in [0.29, 0.717) is 0 Å². The number of aliphatic hydroxyl groups excluding tert-OH is 4. The molecule has 0 bridgehead atoms. The third kappa shape index (κ3) is 3.57. The SMILES string of the molecule is O=c1c(-c2ccccc2F)coc2cc(O[C@@H]3O[C@@H](CO)[C@H](O)[C@@H](O)[C@@H]3O)ccc12. The molecule has 2 heterocycles. The van der Waals surface area contributed by atoms with E-state index in [-0.39, 0.29) is 27.8 Å². The van der Waals surface area contributed by atoms with Crippen molar-refractivity contribution in [3.05, 3.63) is 64.8 Å². The second kappa shape index (κ2) is 8.13. The summed E-state index contributed by atoms with van der Waals surface area (Å²) in [6.07, 6.45) is -5.99. The summed E-state index contributed by atoms with van der Waals surface area (Å²) in [7, 11) is 0. The molecule has 4 N–H and O–H groups in total. The fourth-order valence-corrected chi connectivity index (χ4v) is 3.35. The molecule has 2 aromatic carbocycles. The summed E-state index contributed by atoms with van der Waals surface area (Å²) in [6, 6.07) is 10.1. The maximum atomic E-state index is 14.0. The minimum Gasteiger partial charge on any atom is -0.463 e. The fraction of sp³-hybridized carbons (Fsp3) is 0.286. The zero-order chi connectivity index (χ0) is 21.4. The molecule has 1 saturated heterocycles. The molecule has 0 spiro atoms. The summed E-state index contributed by atoms with van der Waals surface area (Å²) in [4.78, 5) is 12.8. The number of fused-ring (bicyclic) bond motifs is 1. The van der Waals surface area contributed by atoms with Crippen LogP contribution in [0.25, 0.3) is 22.1 Å². The molecule has 3 aromatic rings. The minimum atomic E-state index is -1.58. The smallest absolute Gasteiger partial charge is 0.229 e. The van der Waals surface area contributed by atoms with Crippen molar-refractivity contribution in [2.24, 2.45) is 0 Å². The quantitative estimate of drug-likeness (QED) is 0.489. The number of rotatable bonds is 4. The lowest BCUT2D eigenvalue weighted by Crippen LogP contribution is -2.60. The van der Waals surface area contributed by atoms with E-state index >= 15 is 0 Å². The van der Waals surface area contributed by atoms with Gasteiger partial charge in [0, 0.05) is 11.6 Å². The van der Waals surface area contributed by atoms with Gasteiger partial charge in [-0.3, -0.25) is 4.79 Å². The van der Waals surface area contributed by atoms with Gasteiger partial charge >= 0.3 is 0 Å². The lowest BCUT2D eigenvalue weighted by molar-refractivity contribution is -0.277. The van der Waals surface area contributed by atoms with Gasteiger partial charge in [-0.2, -0.15) is 0 Å². The van der Waals surface area contributed by atoms with Gasteiger partial charge in [0.15, 0.2) is 0 Å². The van der Waals surface area contributed by atoms with E-state index in [1.54, 1.807) is 6.07 Å². The maximum Gasteiger partial charge on any atom is 0.229 e. The van der Waals surface area contributed by atoms with Crippen LogP contribution in [0.1, 0.15) is 0 Å². The highest BCUT2D eigenvalue weighted by Gasteiger charge is 2.44. The van der Waals surface area contributed by atoms with Crippen LogP contribution in [0.3, 0.4) is 0 Å². The molecule has 30 heavy (non-hydrogen) atoms. The van der Waals surface area contributed by atoms with Crippen LogP contribution in [-0.4, -0.2) is 57.7 Å². The van der Waals surface area contributed by atoms with E-state index in [1.165, 1.54) is 36.4 Å². The van der Waals surface area contributed by atoms with E-state index < -0.39 is 48.6 Å². The summed E-state index contributed by atoms with van der Waals surface area (Å²) in [5.74, 6) is -0.402. The van der Waals surface area contributed by atoms with E-state index in [4.69, 9.17) is 13.9 Å². The third-order valence-electron chi connectivity index (χ3n) is 5.01. The van der Waals surface area contributed by atoms with E-state index in [1.807, 2.05) is 0 Å². The molecule has 0 amide bonds. The molecule has 0 saturated carbocycles. The molecule has 1 aliphatic rings. The summed E-state index contributed by atoms with van der Waals surface area (Å²) in [5, 5.41) is 39.2. The molecule has 158 valence electrons. The van der Waals surface area contributed by atoms with Gasteiger partial charge in [-0.05, 0) is 18.2 Å². The second-order valence-electron chi connectivity index (χ2n) is 6.93. The molecular weight excluding hydrogens is 399 g/mol. The first-order valence-electron chi connectivity index (χ1n) is 9.18. The summed E-state index contributed by atoms with van der Waals surface area (Å²) in [6.45, 7) is -0.587. The maximum absolute atomic E-state index is 14.0. The average molecular weight is 418 g/mol. The van der Waals surface area contributed by atoms with Gasteiger partial charge < -0.3 is 34.3 Å². The molecule has 8 nitrogen and oxygen atoms in total. The van der Waals surface area contributed by atoms with Crippen molar-refractivity contribution in [2.45, 2.75) is 30.7 Å². The van der Waals surface area contributed by atoms with Crippen LogP contribution in [0.15, 0.2) is 57.9 Å². The van der Waals surface area contributed by atoms with Gasteiger partial charge in [-0.15, -0.1) is 0 Å². The Morgan fingerprint density at radius 3 is 2.50 bits per heavy atom. The van der Waals surface area contributed by atoms with Crippen LogP contribution in [0.4, 0.5) is 4.39 Å². The first-order chi connectivity index (χ1) is 14.4. The predicted octanol–water partition coefficient (Wildman–Crippen LogP) is 0.778. The number of aliphatic hydroxyl groups is 4. The van der Waals surface area contributed by atoms with Gasteiger partial charge in [0.25, 0.3) is 0 Å². The molecule has 4 rings (SSSR count). The molecule has 5 atom stereocenters. The van der Waals surface area contributed by atoms with Crippen LogP contribution >= 0.6 is 0 Å². The minimum absolute atomic E-state index is 0.0724. The van der Waals surface area contributed by atoms with Crippen molar-refractivity contribution in [1.82, 2.24) is 0 Å². The van der Waals surface area contributed by atoms with Crippen molar-refractivity contribution in [3.63, 3.8) is 0 Å². The summed E-state index contributed by atoms with van der Waals surface area (Å²) < 4.78 is 30.4. The van der Waals surface area contributed by atoms with Gasteiger partial charge in [0.2, 0.25) is 11.7 Å². The number of ether oxygens (including phenoxy) is 2. The Morgan fingerprint density at radius 1 is 1.00 bits per heavy atom. The van der Waals surface area contributed by atoms with Crippen molar-refractivity contribution >= 4 is 11.0 Å². The van der Waals surface area contributed by atoms with E-state index in [9.17, 15) is 29.6 Å². The molecule has 9 heteroatoms. The Hall–Kier alpha value is -2.82. The Bertz CT molecular complexity index is 1110. The van der Waals surface area contributed by atoms with E-state index in [0.717, 1.165) is 6.26 Å². The highest BCUT2D eigenvalue weighted by molar-refractivity contribution is 5.82. The highest BCUT2D eigenvalue weighted by Crippen LogP contribution is 2.28. The Kier molecular flexibility index (Phi) is 5.54. The molecule has 1 fully saturated rings. The number of hydrogen-bond acceptors (Lipinski definition) is 8. The Balaban J connectivity index is 1.64. The zero-order valence-electron chi connectivity index (χ0n) is 15.5. The molecule has 0 radical (unpaired) electrons. The van der Waals surface area contributed by atoms with Crippen LogP contribution in [0.2, 0.25) is 0 Å². The molecule has 0 unspecified atom stereocenters. The third-order valence-corrected chi connectivity index (χ3v) is 5.01. The topological polar surface area (TPSA) is 130 Å². The average Bonchev–Trinajstić information content (AvgIpc) is 2.75. The molecule has 1 aliphatic heterocycles. The summed E-state index contributed by atoms with van der Waals surface area (Å²) in [5.41, 5.74) is -0.0825. The van der Waals surface area contributed by atoms with Crippen LogP contribution < -0.4 is 10.2 Å². The van der Waals surface area contributed by atoms with Crippen molar-refractivity contribution in [1.29, 1.82) is 0 Å².